The Balaban J connectivity index is 3.27. The first kappa shape index (κ1) is 27.7. The Morgan fingerprint density at radius 3 is 1.48 bits per heavy atom. The first-order valence-corrected chi connectivity index (χ1v) is 12.0. The van der Waals surface area contributed by atoms with Crippen molar-refractivity contribution in [1.29, 1.82) is 0 Å². The van der Waals surface area contributed by atoms with Crippen molar-refractivity contribution in [3.63, 3.8) is 0 Å². The minimum absolute atomic E-state index is 0.0505. The molecule has 0 N–H and O–H groups in total. The Bertz CT molecular complexity index is 417. The van der Waals surface area contributed by atoms with Gasteiger partial charge in [-0.1, -0.05) is 83.1 Å². The summed E-state index contributed by atoms with van der Waals surface area (Å²) in [6.07, 6.45) is 17.9. The van der Waals surface area contributed by atoms with E-state index >= 15 is 0 Å². The third-order valence-corrected chi connectivity index (χ3v) is 5.06. The minimum Gasteiger partial charge on any atom is -0.466 e. The second-order valence-electron chi connectivity index (χ2n) is 8.24. The third kappa shape index (κ3) is 22.8. The molecular formula is C25H46O4. The van der Waals surface area contributed by atoms with Crippen molar-refractivity contribution >= 4 is 11.9 Å². The summed E-state index contributed by atoms with van der Waals surface area (Å²) in [6.45, 7) is 8.99. The molecule has 0 aromatic carbocycles. The van der Waals surface area contributed by atoms with Gasteiger partial charge in [-0.2, -0.15) is 0 Å². The smallest absolute Gasteiger partial charge is 0.305 e. The highest BCUT2D eigenvalue weighted by Crippen LogP contribution is 2.11. The van der Waals surface area contributed by atoms with E-state index in [0.717, 1.165) is 56.9 Å². The molecule has 0 aliphatic heterocycles. The van der Waals surface area contributed by atoms with E-state index in [2.05, 4.69) is 13.5 Å². The summed E-state index contributed by atoms with van der Waals surface area (Å²) >= 11 is 0. The second-order valence-corrected chi connectivity index (χ2v) is 8.24. The normalized spacial score (nSPS) is 10.7. The number of unbranched alkanes of at least 4 members (excludes halogenated alkanes) is 12. The number of ether oxygens (including phenoxy) is 2. The van der Waals surface area contributed by atoms with Crippen LogP contribution in [0.2, 0.25) is 0 Å². The van der Waals surface area contributed by atoms with E-state index in [9.17, 15) is 9.59 Å². The summed E-state index contributed by atoms with van der Waals surface area (Å²) < 4.78 is 10.5. The highest BCUT2D eigenvalue weighted by Gasteiger charge is 2.04. The largest absolute Gasteiger partial charge is 0.466 e. The second kappa shape index (κ2) is 21.4. The van der Waals surface area contributed by atoms with Gasteiger partial charge in [0.2, 0.25) is 0 Å². The molecule has 0 atom stereocenters. The van der Waals surface area contributed by atoms with E-state index in [4.69, 9.17) is 9.47 Å². The highest BCUT2D eigenvalue weighted by molar-refractivity contribution is 5.69. The summed E-state index contributed by atoms with van der Waals surface area (Å²) in [7, 11) is 0. The summed E-state index contributed by atoms with van der Waals surface area (Å²) in [5.41, 5.74) is 1.04. The van der Waals surface area contributed by atoms with Crippen LogP contribution in [0.4, 0.5) is 0 Å². The maximum Gasteiger partial charge on any atom is 0.305 e. The van der Waals surface area contributed by atoms with Crippen molar-refractivity contribution < 1.29 is 19.1 Å². The Morgan fingerprint density at radius 2 is 1.00 bits per heavy atom. The molecule has 4 heteroatoms. The zero-order valence-corrected chi connectivity index (χ0v) is 19.3. The molecule has 0 bridgehead atoms. The fourth-order valence-corrected chi connectivity index (χ4v) is 3.15. The Morgan fingerprint density at radius 1 is 0.586 bits per heavy atom. The standard InChI is InChI=1S/C25H46O4/c1-4-5-6-7-8-11-14-17-21-28-24(26)18-15-12-9-10-13-16-19-25(27)29-22-20-23(2)3/h2,4-22H2,1,3H3. The summed E-state index contributed by atoms with van der Waals surface area (Å²) in [6, 6.07) is 0. The molecule has 0 aromatic rings. The quantitative estimate of drug-likeness (QED) is 0.113. The van der Waals surface area contributed by atoms with Crippen LogP contribution in [0.15, 0.2) is 12.2 Å². The van der Waals surface area contributed by atoms with Crippen LogP contribution in [0, 0.1) is 0 Å². The van der Waals surface area contributed by atoms with Gasteiger partial charge in [-0.3, -0.25) is 9.59 Å². The van der Waals surface area contributed by atoms with Gasteiger partial charge in [0.15, 0.2) is 0 Å². The van der Waals surface area contributed by atoms with Gasteiger partial charge in [-0.25, -0.2) is 0 Å². The molecule has 0 radical (unpaired) electrons. The number of esters is 2. The molecule has 0 saturated heterocycles. The molecule has 0 heterocycles. The van der Waals surface area contributed by atoms with Crippen LogP contribution in [0.3, 0.4) is 0 Å². The predicted molar refractivity (Wildman–Crippen MR) is 121 cm³/mol. The van der Waals surface area contributed by atoms with Gasteiger partial charge >= 0.3 is 11.9 Å². The van der Waals surface area contributed by atoms with Crippen LogP contribution in [0.25, 0.3) is 0 Å². The lowest BCUT2D eigenvalue weighted by molar-refractivity contribution is -0.144. The zero-order chi connectivity index (χ0) is 21.6. The number of hydrogen-bond donors (Lipinski definition) is 0. The lowest BCUT2D eigenvalue weighted by Gasteiger charge is -2.06. The molecule has 29 heavy (non-hydrogen) atoms. The van der Waals surface area contributed by atoms with Gasteiger partial charge in [-0.05, 0) is 26.2 Å². The van der Waals surface area contributed by atoms with Crippen molar-refractivity contribution in [1.82, 2.24) is 0 Å². The molecular weight excluding hydrogens is 364 g/mol. The van der Waals surface area contributed by atoms with Gasteiger partial charge in [-0.15, -0.1) is 6.58 Å². The van der Waals surface area contributed by atoms with E-state index in [1.807, 2.05) is 6.92 Å². The topological polar surface area (TPSA) is 52.6 Å². The van der Waals surface area contributed by atoms with Gasteiger partial charge < -0.3 is 9.47 Å². The Hall–Kier alpha value is -1.32. The molecule has 0 fully saturated rings. The van der Waals surface area contributed by atoms with Gasteiger partial charge in [0.1, 0.15) is 0 Å². The van der Waals surface area contributed by atoms with Crippen molar-refractivity contribution in [3.05, 3.63) is 12.2 Å². The average molecular weight is 411 g/mol. The molecule has 4 nitrogen and oxygen atoms in total. The highest BCUT2D eigenvalue weighted by atomic mass is 16.5. The van der Waals surface area contributed by atoms with E-state index < -0.39 is 0 Å². The maximum absolute atomic E-state index is 11.7. The first-order valence-electron chi connectivity index (χ1n) is 12.0. The van der Waals surface area contributed by atoms with Crippen LogP contribution in [0.5, 0.6) is 0 Å². The van der Waals surface area contributed by atoms with E-state index in [0.29, 0.717) is 26.1 Å². The third-order valence-electron chi connectivity index (χ3n) is 5.06. The molecule has 0 aromatic heterocycles. The SMILES string of the molecule is C=C(C)CCOC(=O)CCCCCCCCC(=O)OCCCCCCCCCC. The Labute approximate surface area is 179 Å². The number of rotatable bonds is 21. The van der Waals surface area contributed by atoms with Crippen molar-refractivity contribution in [3.8, 4) is 0 Å². The van der Waals surface area contributed by atoms with E-state index in [1.165, 1.54) is 44.9 Å². The molecule has 0 amide bonds. The van der Waals surface area contributed by atoms with E-state index in [-0.39, 0.29) is 11.9 Å². The lowest BCUT2D eigenvalue weighted by Crippen LogP contribution is -2.06. The monoisotopic (exact) mass is 410 g/mol. The zero-order valence-electron chi connectivity index (χ0n) is 19.3. The predicted octanol–water partition coefficient (Wildman–Crippen LogP) is 7.30. The van der Waals surface area contributed by atoms with Gasteiger partial charge in [0.25, 0.3) is 0 Å². The van der Waals surface area contributed by atoms with Crippen LogP contribution < -0.4 is 0 Å². The minimum atomic E-state index is -0.106. The summed E-state index contributed by atoms with van der Waals surface area (Å²) in [5.74, 6) is -0.157. The first-order chi connectivity index (χ1) is 14.1. The number of hydrogen-bond acceptors (Lipinski definition) is 4. The fraction of sp³-hybridized carbons (Fsp3) is 0.840. The van der Waals surface area contributed by atoms with Crippen LogP contribution in [-0.4, -0.2) is 25.2 Å². The average Bonchev–Trinajstić information content (AvgIpc) is 2.68. The molecule has 170 valence electrons. The Kier molecular flexibility index (Phi) is 20.4. The van der Waals surface area contributed by atoms with Crippen molar-refractivity contribution in [2.75, 3.05) is 13.2 Å². The lowest BCUT2D eigenvalue weighted by atomic mass is 10.1. The van der Waals surface area contributed by atoms with Crippen molar-refractivity contribution in [2.24, 2.45) is 0 Å². The summed E-state index contributed by atoms with van der Waals surface area (Å²) in [4.78, 5) is 23.2. The molecule has 0 saturated carbocycles. The fourth-order valence-electron chi connectivity index (χ4n) is 3.15. The van der Waals surface area contributed by atoms with Crippen LogP contribution in [0.1, 0.15) is 123 Å². The molecule has 0 aliphatic carbocycles. The van der Waals surface area contributed by atoms with Crippen LogP contribution in [-0.2, 0) is 19.1 Å². The van der Waals surface area contributed by atoms with Crippen LogP contribution >= 0.6 is 0 Å². The maximum atomic E-state index is 11.7. The van der Waals surface area contributed by atoms with Gasteiger partial charge in [0, 0.05) is 19.3 Å². The molecule has 0 unspecified atom stereocenters. The molecule has 0 rings (SSSR count). The summed E-state index contributed by atoms with van der Waals surface area (Å²) in [5, 5.41) is 0. The molecule has 0 aliphatic rings. The van der Waals surface area contributed by atoms with Gasteiger partial charge in [0.05, 0.1) is 13.2 Å². The molecule has 0 spiro atoms. The number of carbonyl (C=O) groups is 2. The van der Waals surface area contributed by atoms with E-state index in [1.54, 1.807) is 0 Å². The van der Waals surface area contributed by atoms with Crippen molar-refractivity contribution in [2.45, 2.75) is 123 Å². The number of carbonyl (C=O) groups excluding carboxylic acids is 2.